The molecule has 0 unspecified atom stereocenters. The number of ether oxygens (including phenoxy) is 2. The molecule has 1 aromatic carbocycles. The van der Waals surface area contributed by atoms with Gasteiger partial charge in [-0.05, 0) is 25.0 Å². The Morgan fingerprint density at radius 2 is 1.86 bits per heavy atom. The summed E-state index contributed by atoms with van der Waals surface area (Å²) < 4.78 is 11.0. The summed E-state index contributed by atoms with van der Waals surface area (Å²) in [6.07, 6.45) is 6.03. The lowest BCUT2D eigenvalue weighted by atomic mass is 9.74. The highest BCUT2D eigenvalue weighted by Crippen LogP contribution is 2.35. The molecule has 4 heteroatoms. The predicted molar refractivity (Wildman–Crippen MR) is 84.0 cm³/mol. The predicted octanol–water partition coefficient (Wildman–Crippen LogP) is 2.61. The van der Waals surface area contributed by atoms with Crippen molar-refractivity contribution in [3.05, 3.63) is 24.3 Å². The van der Waals surface area contributed by atoms with E-state index in [1.54, 1.807) is 7.11 Å². The molecular weight excluding hydrogens is 266 g/mol. The van der Waals surface area contributed by atoms with E-state index in [1.165, 1.54) is 19.3 Å². The van der Waals surface area contributed by atoms with Crippen LogP contribution in [-0.2, 0) is 0 Å². The Labute approximate surface area is 127 Å². The van der Waals surface area contributed by atoms with Crippen LogP contribution in [0, 0.1) is 5.41 Å². The van der Waals surface area contributed by atoms with Crippen molar-refractivity contribution in [3.63, 3.8) is 0 Å². The highest BCUT2D eigenvalue weighted by atomic mass is 16.5. The molecule has 0 saturated heterocycles. The summed E-state index contributed by atoms with van der Waals surface area (Å²) >= 11 is 0. The SMILES string of the molecule is COc1ccccc1OCCNCC1(CO)CCCCC1. The Balaban J connectivity index is 1.69. The number of para-hydroxylation sites is 2. The number of aliphatic hydroxyl groups is 1. The van der Waals surface area contributed by atoms with E-state index in [9.17, 15) is 5.11 Å². The average molecular weight is 293 g/mol. The fraction of sp³-hybridized carbons (Fsp3) is 0.647. The van der Waals surface area contributed by atoms with E-state index in [-0.39, 0.29) is 12.0 Å². The molecule has 21 heavy (non-hydrogen) atoms. The van der Waals surface area contributed by atoms with Crippen LogP contribution < -0.4 is 14.8 Å². The van der Waals surface area contributed by atoms with Gasteiger partial charge in [0.2, 0.25) is 0 Å². The molecule has 2 rings (SSSR count). The Hall–Kier alpha value is -1.26. The topological polar surface area (TPSA) is 50.7 Å². The molecule has 118 valence electrons. The van der Waals surface area contributed by atoms with Gasteiger partial charge in [-0.1, -0.05) is 31.4 Å². The summed E-state index contributed by atoms with van der Waals surface area (Å²) in [5.74, 6) is 1.54. The standard InChI is InChI=1S/C17H27NO3/c1-20-15-7-3-4-8-16(15)21-12-11-18-13-17(14-19)9-5-2-6-10-17/h3-4,7-8,18-19H,2,5-6,9-14H2,1H3. The zero-order valence-corrected chi connectivity index (χ0v) is 12.9. The lowest BCUT2D eigenvalue weighted by Crippen LogP contribution is -2.40. The molecule has 1 aliphatic rings. The number of rotatable bonds is 8. The Kier molecular flexibility index (Phi) is 6.33. The van der Waals surface area contributed by atoms with Gasteiger partial charge in [0.05, 0.1) is 7.11 Å². The van der Waals surface area contributed by atoms with E-state index < -0.39 is 0 Å². The van der Waals surface area contributed by atoms with Gasteiger partial charge in [0, 0.05) is 25.1 Å². The van der Waals surface area contributed by atoms with Gasteiger partial charge in [0.25, 0.3) is 0 Å². The van der Waals surface area contributed by atoms with Crippen LogP contribution >= 0.6 is 0 Å². The quantitative estimate of drug-likeness (QED) is 0.723. The Morgan fingerprint density at radius 3 is 2.52 bits per heavy atom. The number of nitrogens with one attached hydrogen (secondary N) is 1. The molecule has 1 aromatic rings. The van der Waals surface area contributed by atoms with Gasteiger partial charge in [0.1, 0.15) is 6.61 Å². The summed E-state index contributed by atoms with van der Waals surface area (Å²) in [6, 6.07) is 7.67. The van der Waals surface area contributed by atoms with Crippen molar-refractivity contribution in [1.82, 2.24) is 5.32 Å². The highest BCUT2D eigenvalue weighted by molar-refractivity contribution is 5.39. The van der Waals surface area contributed by atoms with Gasteiger partial charge in [-0.3, -0.25) is 0 Å². The molecule has 0 aromatic heterocycles. The van der Waals surface area contributed by atoms with Crippen LogP contribution in [0.1, 0.15) is 32.1 Å². The number of methoxy groups -OCH3 is 1. The summed E-state index contributed by atoms with van der Waals surface area (Å²) in [5, 5.41) is 13.1. The van der Waals surface area contributed by atoms with Gasteiger partial charge in [0.15, 0.2) is 11.5 Å². The molecule has 1 saturated carbocycles. The van der Waals surface area contributed by atoms with Crippen LogP contribution in [-0.4, -0.2) is 38.5 Å². The molecule has 2 N–H and O–H groups in total. The lowest BCUT2D eigenvalue weighted by molar-refractivity contribution is 0.0804. The third-order valence-electron chi connectivity index (χ3n) is 4.36. The molecule has 1 aliphatic carbocycles. The van der Waals surface area contributed by atoms with Crippen molar-refractivity contribution in [3.8, 4) is 11.5 Å². The van der Waals surface area contributed by atoms with Crippen molar-refractivity contribution in [1.29, 1.82) is 0 Å². The molecule has 0 spiro atoms. The van der Waals surface area contributed by atoms with Crippen molar-refractivity contribution in [2.24, 2.45) is 5.41 Å². The maximum atomic E-state index is 9.66. The van der Waals surface area contributed by atoms with Crippen LogP contribution in [0.4, 0.5) is 0 Å². The molecule has 0 heterocycles. The monoisotopic (exact) mass is 293 g/mol. The zero-order chi connectivity index (χ0) is 15.0. The number of hydrogen-bond donors (Lipinski definition) is 2. The summed E-state index contributed by atoms with van der Waals surface area (Å²) in [5.41, 5.74) is 0.0860. The molecule has 0 bridgehead atoms. The second-order valence-electron chi connectivity index (χ2n) is 5.89. The Morgan fingerprint density at radius 1 is 1.14 bits per heavy atom. The largest absolute Gasteiger partial charge is 0.493 e. The molecule has 0 radical (unpaired) electrons. The van der Waals surface area contributed by atoms with Crippen LogP contribution in [0.2, 0.25) is 0 Å². The fourth-order valence-corrected chi connectivity index (χ4v) is 3.02. The molecule has 1 fully saturated rings. The van der Waals surface area contributed by atoms with Crippen molar-refractivity contribution in [2.75, 3.05) is 33.4 Å². The molecule has 0 aliphatic heterocycles. The summed E-state index contributed by atoms with van der Waals surface area (Å²) in [6.45, 7) is 2.54. The second kappa shape index (κ2) is 8.25. The smallest absolute Gasteiger partial charge is 0.161 e. The Bertz CT molecular complexity index is 416. The molecule has 0 amide bonds. The zero-order valence-electron chi connectivity index (χ0n) is 12.9. The van der Waals surface area contributed by atoms with Crippen LogP contribution in [0.5, 0.6) is 11.5 Å². The minimum atomic E-state index is 0.0860. The van der Waals surface area contributed by atoms with Gasteiger partial charge in [-0.2, -0.15) is 0 Å². The number of aliphatic hydroxyl groups excluding tert-OH is 1. The van der Waals surface area contributed by atoms with Crippen LogP contribution in [0.15, 0.2) is 24.3 Å². The summed E-state index contributed by atoms with van der Waals surface area (Å²) in [4.78, 5) is 0. The van der Waals surface area contributed by atoms with E-state index in [4.69, 9.17) is 9.47 Å². The first-order valence-corrected chi connectivity index (χ1v) is 7.87. The third-order valence-corrected chi connectivity index (χ3v) is 4.36. The first kappa shape index (κ1) is 16.1. The fourth-order valence-electron chi connectivity index (χ4n) is 3.02. The third kappa shape index (κ3) is 4.61. The van der Waals surface area contributed by atoms with E-state index in [0.717, 1.165) is 37.4 Å². The van der Waals surface area contributed by atoms with E-state index >= 15 is 0 Å². The van der Waals surface area contributed by atoms with Crippen LogP contribution in [0.3, 0.4) is 0 Å². The average Bonchev–Trinajstić information content (AvgIpc) is 2.56. The minimum absolute atomic E-state index is 0.0860. The summed E-state index contributed by atoms with van der Waals surface area (Å²) in [7, 11) is 1.65. The maximum absolute atomic E-state index is 9.66. The van der Waals surface area contributed by atoms with Crippen LogP contribution in [0.25, 0.3) is 0 Å². The van der Waals surface area contributed by atoms with Gasteiger partial charge in [-0.15, -0.1) is 0 Å². The molecular formula is C17H27NO3. The van der Waals surface area contributed by atoms with E-state index in [0.29, 0.717) is 6.61 Å². The maximum Gasteiger partial charge on any atom is 0.161 e. The second-order valence-corrected chi connectivity index (χ2v) is 5.89. The normalized spacial score (nSPS) is 17.4. The van der Waals surface area contributed by atoms with Gasteiger partial charge >= 0.3 is 0 Å². The first-order valence-electron chi connectivity index (χ1n) is 7.87. The minimum Gasteiger partial charge on any atom is -0.493 e. The molecule has 0 atom stereocenters. The first-order chi connectivity index (χ1) is 10.3. The lowest BCUT2D eigenvalue weighted by Gasteiger charge is -2.35. The number of hydrogen-bond acceptors (Lipinski definition) is 4. The van der Waals surface area contributed by atoms with Crippen molar-refractivity contribution >= 4 is 0 Å². The van der Waals surface area contributed by atoms with Gasteiger partial charge < -0.3 is 19.9 Å². The highest BCUT2D eigenvalue weighted by Gasteiger charge is 2.30. The number of benzene rings is 1. The molecule has 4 nitrogen and oxygen atoms in total. The van der Waals surface area contributed by atoms with E-state index in [1.807, 2.05) is 24.3 Å². The van der Waals surface area contributed by atoms with Gasteiger partial charge in [-0.25, -0.2) is 0 Å². The van der Waals surface area contributed by atoms with E-state index in [2.05, 4.69) is 5.32 Å². The van der Waals surface area contributed by atoms with Crippen molar-refractivity contribution < 1.29 is 14.6 Å². The van der Waals surface area contributed by atoms with Crippen molar-refractivity contribution in [2.45, 2.75) is 32.1 Å².